The topological polar surface area (TPSA) is 13.1 Å². The average molecular weight is 314 g/mol. The first-order chi connectivity index (χ1) is 6.83. The molecule has 0 bridgehead atoms. The van der Waals surface area contributed by atoms with Crippen LogP contribution in [0.4, 0.5) is 0 Å². The molecule has 0 fully saturated rings. The third-order valence-corrected chi connectivity index (χ3v) is 6.93. The number of hydrogen-bond acceptors (Lipinski definition) is 1. The number of hydrogen-bond donors (Lipinski definition) is 0. The van der Waals surface area contributed by atoms with Crippen molar-refractivity contribution in [2.75, 3.05) is 0 Å². The molecule has 0 aliphatic carbocycles. The summed E-state index contributed by atoms with van der Waals surface area (Å²) in [4.78, 5) is 2.31. The van der Waals surface area contributed by atoms with Gasteiger partial charge in [-0.1, -0.05) is 0 Å². The third-order valence-electron chi connectivity index (χ3n) is 2.12. The molecule has 0 saturated heterocycles. The van der Waals surface area contributed by atoms with E-state index in [9.17, 15) is 0 Å². The van der Waals surface area contributed by atoms with Crippen LogP contribution in [0.15, 0.2) is 33.6 Å². The maximum atomic E-state index is 5.64. The number of aryl methyl sites for hydroxylation is 1. The number of rotatable bonds is 1. The van der Waals surface area contributed by atoms with Crippen LogP contribution in [0.25, 0.3) is 18.7 Å². The van der Waals surface area contributed by atoms with Gasteiger partial charge in [0.15, 0.2) is 0 Å². The summed E-state index contributed by atoms with van der Waals surface area (Å²) in [5, 5.41) is 0. The van der Waals surface area contributed by atoms with Crippen LogP contribution in [-0.4, -0.2) is 29.0 Å². The van der Waals surface area contributed by atoms with Crippen molar-refractivity contribution in [3.8, 4) is 10.2 Å². The average Bonchev–Trinajstić information content (AvgIpc) is 2.75. The van der Waals surface area contributed by atoms with Gasteiger partial charge in [-0.2, -0.15) is 0 Å². The molecule has 14 heavy (non-hydrogen) atoms. The maximum absolute atomic E-state index is 5.64. The summed E-state index contributed by atoms with van der Waals surface area (Å²) in [5.74, 6) is 2.07. The standard InChI is InChI=1S/C11H8OSe2/c1-7-2-3-8(12-7)10-6-11-9(14-10)4-5-13-11/h2-6H,1H3. The van der Waals surface area contributed by atoms with Gasteiger partial charge < -0.3 is 0 Å². The molecule has 1 nitrogen and oxygen atoms in total. The van der Waals surface area contributed by atoms with E-state index in [0.717, 1.165) is 11.5 Å². The molecule has 0 aliphatic heterocycles. The van der Waals surface area contributed by atoms with Gasteiger partial charge in [0.05, 0.1) is 0 Å². The zero-order chi connectivity index (χ0) is 9.54. The summed E-state index contributed by atoms with van der Waals surface area (Å²) in [6.07, 6.45) is 0. The van der Waals surface area contributed by atoms with Gasteiger partial charge in [0.1, 0.15) is 0 Å². The van der Waals surface area contributed by atoms with Crippen LogP contribution in [0.3, 0.4) is 0 Å². The molecule has 0 amide bonds. The molecule has 0 aromatic carbocycles. The second-order valence-electron chi connectivity index (χ2n) is 3.17. The normalized spacial score (nSPS) is 11.2. The van der Waals surface area contributed by atoms with Crippen molar-refractivity contribution in [3.05, 3.63) is 35.0 Å². The molecule has 3 heterocycles. The van der Waals surface area contributed by atoms with Gasteiger partial charge >= 0.3 is 94.0 Å². The van der Waals surface area contributed by atoms with Crippen LogP contribution >= 0.6 is 0 Å². The summed E-state index contributed by atoms with van der Waals surface area (Å²) >= 11 is 1.06. The Morgan fingerprint density at radius 2 is 2.07 bits per heavy atom. The molecule has 0 atom stereocenters. The predicted octanol–water partition coefficient (Wildman–Crippen LogP) is 2.52. The second-order valence-corrected chi connectivity index (χ2v) is 7.43. The van der Waals surface area contributed by atoms with Crippen molar-refractivity contribution in [2.45, 2.75) is 6.92 Å². The SMILES string of the molecule is Cc1ccc(-c2cc3[se]ccc3[se]2)o1. The Bertz CT molecular complexity index is 542. The van der Waals surface area contributed by atoms with Gasteiger partial charge in [-0.3, -0.25) is 0 Å². The van der Waals surface area contributed by atoms with Crippen LogP contribution in [0, 0.1) is 6.92 Å². The van der Waals surface area contributed by atoms with Crippen molar-refractivity contribution in [2.24, 2.45) is 0 Å². The molecule has 0 saturated carbocycles. The van der Waals surface area contributed by atoms with E-state index in [-0.39, 0.29) is 0 Å². The first-order valence-corrected chi connectivity index (χ1v) is 7.93. The third kappa shape index (κ3) is 1.37. The summed E-state index contributed by atoms with van der Waals surface area (Å²) in [5.41, 5.74) is 0. The van der Waals surface area contributed by atoms with Gasteiger partial charge in [0, 0.05) is 0 Å². The van der Waals surface area contributed by atoms with Crippen molar-refractivity contribution in [3.63, 3.8) is 0 Å². The Kier molecular flexibility index (Phi) is 2.07. The van der Waals surface area contributed by atoms with Crippen molar-refractivity contribution >= 4 is 37.5 Å². The minimum absolute atomic E-state index is 0.481. The van der Waals surface area contributed by atoms with Crippen LogP contribution < -0.4 is 0 Å². The van der Waals surface area contributed by atoms with E-state index in [1.165, 1.54) is 4.44 Å². The minimum atomic E-state index is 0.481. The molecular formula is C11H8OSe2. The Labute approximate surface area is 93.8 Å². The van der Waals surface area contributed by atoms with Crippen LogP contribution in [0.1, 0.15) is 5.76 Å². The van der Waals surface area contributed by atoms with E-state index in [0.29, 0.717) is 29.0 Å². The van der Waals surface area contributed by atoms with Gasteiger partial charge in [0.2, 0.25) is 0 Å². The molecule has 0 radical (unpaired) electrons. The van der Waals surface area contributed by atoms with Crippen molar-refractivity contribution in [1.82, 2.24) is 0 Å². The molecule has 0 spiro atoms. The van der Waals surface area contributed by atoms with E-state index in [2.05, 4.69) is 23.1 Å². The number of fused-ring (bicyclic) bond motifs is 1. The molecule has 3 heteroatoms. The van der Waals surface area contributed by atoms with Gasteiger partial charge in [-0.15, -0.1) is 0 Å². The summed E-state index contributed by atoms with van der Waals surface area (Å²) < 4.78 is 10.2. The van der Waals surface area contributed by atoms with Gasteiger partial charge in [0.25, 0.3) is 0 Å². The molecular weight excluding hydrogens is 306 g/mol. The Morgan fingerprint density at radius 1 is 1.14 bits per heavy atom. The van der Waals surface area contributed by atoms with E-state index >= 15 is 0 Å². The first kappa shape index (κ1) is 8.82. The van der Waals surface area contributed by atoms with Crippen LogP contribution in [0.5, 0.6) is 0 Å². The van der Waals surface area contributed by atoms with Gasteiger partial charge in [-0.05, 0) is 0 Å². The Hall–Kier alpha value is -0.461. The molecule has 0 unspecified atom stereocenters. The zero-order valence-electron chi connectivity index (χ0n) is 7.61. The van der Waals surface area contributed by atoms with Crippen molar-refractivity contribution in [1.29, 1.82) is 0 Å². The van der Waals surface area contributed by atoms with E-state index < -0.39 is 0 Å². The quantitative estimate of drug-likeness (QED) is 0.629. The molecule has 3 aromatic rings. The van der Waals surface area contributed by atoms with E-state index in [1.54, 1.807) is 8.52 Å². The molecule has 0 aliphatic rings. The molecule has 3 rings (SSSR count). The zero-order valence-corrected chi connectivity index (χ0v) is 11.0. The fourth-order valence-corrected chi connectivity index (χ4v) is 6.69. The molecule has 3 aromatic heterocycles. The second kappa shape index (κ2) is 3.29. The first-order valence-electron chi connectivity index (χ1n) is 4.37. The van der Waals surface area contributed by atoms with Crippen LogP contribution in [0.2, 0.25) is 0 Å². The summed E-state index contributed by atoms with van der Waals surface area (Å²) in [6.45, 7) is 2.00. The summed E-state index contributed by atoms with van der Waals surface area (Å²) in [6, 6.07) is 8.74. The fraction of sp³-hybridized carbons (Fsp3) is 0.0909. The Morgan fingerprint density at radius 3 is 2.79 bits per heavy atom. The Balaban J connectivity index is 2.18. The van der Waals surface area contributed by atoms with E-state index in [1.807, 2.05) is 13.0 Å². The van der Waals surface area contributed by atoms with E-state index in [4.69, 9.17) is 4.42 Å². The van der Waals surface area contributed by atoms with Gasteiger partial charge in [-0.25, -0.2) is 0 Å². The molecule has 70 valence electrons. The monoisotopic (exact) mass is 316 g/mol. The number of furan rings is 1. The fourth-order valence-electron chi connectivity index (χ4n) is 1.45. The molecule has 0 N–H and O–H groups in total. The predicted molar refractivity (Wildman–Crippen MR) is 60.3 cm³/mol. The van der Waals surface area contributed by atoms with Crippen molar-refractivity contribution < 1.29 is 4.42 Å². The summed E-state index contributed by atoms with van der Waals surface area (Å²) in [7, 11) is 0. The van der Waals surface area contributed by atoms with Crippen LogP contribution in [-0.2, 0) is 0 Å².